The first kappa shape index (κ1) is 13.1. The van der Waals surface area contributed by atoms with Crippen molar-refractivity contribution in [3.05, 3.63) is 24.2 Å². The molecule has 2 aromatic heterocycles. The van der Waals surface area contributed by atoms with Gasteiger partial charge < -0.3 is 5.32 Å². The van der Waals surface area contributed by atoms with Crippen LogP contribution in [0, 0.1) is 6.92 Å². The highest BCUT2D eigenvalue weighted by atomic mass is 16.2. The van der Waals surface area contributed by atoms with E-state index in [1.165, 1.54) is 0 Å². The summed E-state index contributed by atoms with van der Waals surface area (Å²) in [7, 11) is 0. The van der Waals surface area contributed by atoms with Gasteiger partial charge in [-0.15, -0.1) is 0 Å². The molecule has 0 unspecified atom stereocenters. The topological polar surface area (TPSA) is 87.6 Å². The Labute approximate surface area is 111 Å². The molecule has 2 aromatic rings. The number of H-pyrrole nitrogens is 1. The van der Waals surface area contributed by atoms with Gasteiger partial charge in [-0.05, 0) is 20.3 Å². The molecular weight excluding hydrogens is 244 g/mol. The molecule has 2 rings (SSSR count). The first-order chi connectivity index (χ1) is 9.11. The number of carbonyl (C=O) groups excluding carboxylic acids is 1. The Hall–Kier alpha value is -2.31. The summed E-state index contributed by atoms with van der Waals surface area (Å²) in [5.74, 6) is 0.546. The highest BCUT2D eigenvalue weighted by molar-refractivity contribution is 5.99. The fourth-order valence-corrected chi connectivity index (χ4v) is 1.76. The van der Waals surface area contributed by atoms with Gasteiger partial charge in [0.25, 0.3) is 0 Å². The number of aromatic nitrogens is 4. The van der Waals surface area contributed by atoms with Gasteiger partial charge >= 0.3 is 6.03 Å². The van der Waals surface area contributed by atoms with Crippen molar-refractivity contribution >= 4 is 17.5 Å². The van der Waals surface area contributed by atoms with Crippen molar-refractivity contribution in [2.45, 2.75) is 33.2 Å². The SMILES string of the molecule is CC[C@H](C)n1ncc(NC(=O)Nc2ccn[nH]2)c1C. The Morgan fingerprint density at radius 1 is 1.53 bits per heavy atom. The molecule has 3 N–H and O–H groups in total. The minimum absolute atomic E-state index is 0.311. The van der Waals surface area contributed by atoms with E-state index in [4.69, 9.17) is 0 Å². The number of urea groups is 1. The minimum Gasteiger partial charge on any atom is -0.305 e. The predicted molar refractivity (Wildman–Crippen MR) is 73.2 cm³/mol. The van der Waals surface area contributed by atoms with E-state index in [0.29, 0.717) is 17.5 Å². The van der Waals surface area contributed by atoms with Crippen molar-refractivity contribution in [1.82, 2.24) is 20.0 Å². The number of hydrogen-bond acceptors (Lipinski definition) is 3. The normalized spacial score (nSPS) is 12.2. The third kappa shape index (κ3) is 2.93. The van der Waals surface area contributed by atoms with E-state index in [-0.39, 0.29) is 6.03 Å². The van der Waals surface area contributed by atoms with Crippen LogP contribution in [0.5, 0.6) is 0 Å². The maximum atomic E-state index is 11.8. The quantitative estimate of drug-likeness (QED) is 0.791. The highest BCUT2D eigenvalue weighted by Crippen LogP contribution is 2.19. The van der Waals surface area contributed by atoms with Crippen molar-refractivity contribution in [3.63, 3.8) is 0 Å². The highest BCUT2D eigenvalue weighted by Gasteiger charge is 2.12. The zero-order valence-corrected chi connectivity index (χ0v) is 11.3. The molecule has 0 aliphatic rings. The van der Waals surface area contributed by atoms with E-state index in [1.54, 1.807) is 18.5 Å². The Morgan fingerprint density at radius 2 is 2.32 bits per heavy atom. The van der Waals surface area contributed by atoms with Crippen LogP contribution in [0.25, 0.3) is 0 Å². The van der Waals surface area contributed by atoms with Crippen LogP contribution in [0.2, 0.25) is 0 Å². The molecule has 19 heavy (non-hydrogen) atoms. The summed E-state index contributed by atoms with van der Waals surface area (Å²) in [6, 6.07) is 1.66. The average molecular weight is 262 g/mol. The molecule has 0 fully saturated rings. The van der Waals surface area contributed by atoms with Gasteiger partial charge in [0.2, 0.25) is 0 Å². The molecule has 102 valence electrons. The molecule has 0 saturated heterocycles. The monoisotopic (exact) mass is 262 g/mol. The van der Waals surface area contributed by atoms with E-state index in [9.17, 15) is 4.79 Å². The van der Waals surface area contributed by atoms with Gasteiger partial charge in [-0.2, -0.15) is 10.2 Å². The van der Waals surface area contributed by atoms with Crippen LogP contribution in [0.1, 0.15) is 32.0 Å². The summed E-state index contributed by atoms with van der Waals surface area (Å²) in [6.45, 7) is 6.13. The summed E-state index contributed by atoms with van der Waals surface area (Å²) in [5.41, 5.74) is 1.64. The third-order valence-corrected chi connectivity index (χ3v) is 3.05. The van der Waals surface area contributed by atoms with Crippen molar-refractivity contribution in [1.29, 1.82) is 0 Å². The lowest BCUT2D eigenvalue weighted by atomic mass is 10.2. The molecule has 0 aliphatic carbocycles. The molecule has 0 bridgehead atoms. The van der Waals surface area contributed by atoms with Gasteiger partial charge in [0, 0.05) is 12.1 Å². The van der Waals surface area contributed by atoms with Gasteiger partial charge in [0.1, 0.15) is 5.82 Å². The number of carbonyl (C=O) groups is 1. The Bertz CT molecular complexity index is 545. The molecular formula is C12H18N6O. The maximum absolute atomic E-state index is 11.8. The van der Waals surface area contributed by atoms with Crippen LogP contribution in [-0.2, 0) is 0 Å². The summed E-state index contributed by atoms with van der Waals surface area (Å²) >= 11 is 0. The van der Waals surface area contributed by atoms with Crippen LogP contribution in [0.3, 0.4) is 0 Å². The average Bonchev–Trinajstić information content (AvgIpc) is 3.00. The minimum atomic E-state index is -0.323. The molecule has 0 aromatic carbocycles. The molecule has 0 saturated carbocycles. The van der Waals surface area contributed by atoms with E-state index >= 15 is 0 Å². The van der Waals surface area contributed by atoms with Crippen LogP contribution in [0.4, 0.5) is 16.3 Å². The largest absolute Gasteiger partial charge is 0.324 e. The van der Waals surface area contributed by atoms with Gasteiger partial charge in [-0.25, -0.2) is 4.79 Å². The first-order valence-electron chi connectivity index (χ1n) is 6.23. The zero-order valence-electron chi connectivity index (χ0n) is 11.3. The van der Waals surface area contributed by atoms with Crippen LogP contribution in [-0.4, -0.2) is 26.0 Å². The third-order valence-electron chi connectivity index (χ3n) is 3.05. The van der Waals surface area contributed by atoms with Crippen molar-refractivity contribution in [2.75, 3.05) is 10.6 Å². The van der Waals surface area contributed by atoms with Crippen molar-refractivity contribution in [2.24, 2.45) is 0 Å². The number of hydrogen-bond donors (Lipinski definition) is 3. The lowest BCUT2D eigenvalue weighted by Crippen LogP contribution is -2.20. The molecule has 0 aliphatic heterocycles. The first-order valence-corrected chi connectivity index (χ1v) is 6.23. The van der Waals surface area contributed by atoms with E-state index in [1.807, 2.05) is 11.6 Å². The number of nitrogens with one attached hydrogen (secondary N) is 3. The lowest BCUT2D eigenvalue weighted by molar-refractivity contribution is 0.262. The Morgan fingerprint density at radius 3 is 2.95 bits per heavy atom. The summed E-state index contributed by atoms with van der Waals surface area (Å²) in [5, 5.41) is 16.1. The predicted octanol–water partition coefficient (Wildman–Crippen LogP) is 2.53. The maximum Gasteiger partial charge on any atom is 0.324 e. The van der Waals surface area contributed by atoms with Crippen molar-refractivity contribution in [3.8, 4) is 0 Å². The fraction of sp³-hybridized carbons (Fsp3) is 0.417. The lowest BCUT2D eigenvalue weighted by Gasteiger charge is -2.12. The molecule has 2 amide bonds. The second kappa shape index (κ2) is 5.55. The molecule has 2 heterocycles. The second-order valence-corrected chi connectivity index (χ2v) is 4.39. The van der Waals surface area contributed by atoms with E-state index in [2.05, 4.69) is 39.8 Å². The second-order valence-electron chi connectivity index (χ2n) is 4.39. The van der Waals surface area contributed by atoms with Crippen LogP contribution < -0.4 is 10.6 Å². The number of anilines is 2. The van der Waals surface area contributed by atoms with E-state index in [0.717, 1.165) is 12.1 Å². The zero-order chi connectivity index (χ0) is 13.8. The fourth-order valence-electron chi connectivity index (χ4n) is 1.76. The van der Waals surface area contributed by atoms with Crippen LogP contribution >= 0.6 is 0 Å². The van der Waals surface area contributed by atoms with Gasteiger partial charge in [-0.3, -0.25) is 15.1 Å². The standard InChI is InChI=1S/C12H18N6O/c1-4-8(2)18-9(3)10(7-14-18)15-12(19)16-11-5-6-13-17-11/h5-8H,4H2,1-3H3,(H3,13,15,16,17,19)/t8-/m0/s1. The Balaban J connectivity index is 2.03. The molecule has 7 nitrogen and oxygen atoms in total. The van der Waals surface area contributed by atoms with Crippen LogP contribution in [0.15, 0.2) is 18.5 Å². The smallest absolute Gasteiger partial charge is 0.305 e. The summed E-state index contributed by atoms with van der Waals surface area (Å²) < 4.78 is 1.91. The van der Waals surface area contributed by atoms with Gasteiger partial charge in [0.05, 0.1) is 23.8 Å². The molecule has 0 spiro atoms. The summed E-state index contributed by atoms with van der Waals surface area (Å²) in [6.07, 6.45) is 4.22. The molecule has 0 radical (unpaired) electrons. The van der Waals surface area contributed by atoms with Gasteiger partial charge in [0.15, 0.2) is 0 Å². The number of rotatable bonds is 4. The number of nitrogens with zero attached hydrogens (tertiary/aromatic N) is 3. The Kier molecular flexibility index (Phi) is 3.84. The molecule has 1 atom stereocenters. The number of aromatic amines is 1. The molecule has 7 heteroatoms. The van der Waals surface area contributed by atoms with Crippen molar-refractivity contribution < 1.29 is 4.79 Å². The number of amides is 2. The summed E-state index contributed by atoms with van der Waals surface area (Å²) in [4.78, 5) is 11.8. The van der Waals surface area contributed by atoms with Gasteiger partial charge in [-0.1, -0.05) is 6.92 Å². The van der Waals surface area contributed by atoms with E-state index < -0.39 is 0 Å².